The Hall–Kier alpha value is -3.48. The molecule has 31 heavy (non-hydrogen) atoms. The van der Waals surface area contributed by atoms with Crippen LogP contribution >= 0.6 is 0 Å². The third-order valence-electron chi connectivity index (χ3n) is 4.90. The Kier molecular flexibility index (Phi) is 7.54. The lowest BCUT2D eigenvalue weighted by atomic mass is 10.1. The molecular weight excluding hydrogens is 398 g/mol. The van der Waals surface area contributed by atoms with Gasteiger partial charge in [-0.2, -0.15) is 0 Å². The predicted molar refractivity (Wildman–Crippen MR) is 120 cm³/mol. The number of amides is 1. The van der Waals surface area contributed by atoms with Gasteiger partial charge in [0.1, 0.15) is 17.5 Å². The smallest absolute Gasteiger partial charge is 0.224 e. The van der Waals surface area contributed by atoms with Crippen molar-refractivity contribution >= 4 is 23.2 Å². The number of carbonyl (C=O) groups is 1. The van der Waals surface area contributed by atoms with Crippen LogP contribution in [0.5, 0.6) is 0 Å². The Bertz CT molecular complexity index is 1020. The molecular formula is C24H26F2N4O. The van der Waals surface area contributed by atoms with Crippen molar-refractivity contribution in [2.24, 2.45) is 0 Å². The number of hydrogen-bond donors (Lipinski definition) is 2. The summed E-state index contributed by atoms with van der Waals surface area (Å²) in [6, 6.07) is 16.1. The number of benzene rings is 2. The summed E-state index contributed by atoms with van der Waals surface area (Å²) in [7, 11) is 1.90. The van der Waals surface area contributed by atoms with Crippen LogP contribution < -0.4 is 15.5 Å². The predicted octanol–water partition coefficient (Wildman–Crippen LogP) is 5.00. The summed E-state index contributed by atoms with van der Waals surface area (Å²) in [4.78, 5) is 19.0. The lowest BCUT2D eigenvalue weighted by Gasteiger charge is -2.21. The van der Waals surface area contributed by atoms with Gasteiger partial charge in [0.15, 0.2) is 5.82 Å². The van der Waals surface area contributed by atoms with Gasteiger partial charge in [-0.1, -0.05) is 24.3 Å². The van der Waals surface area contributed by atoms with Crippen molar-refractivity contribution in [3.63, 3.8) is 0 Å². The van der Waals surface area contributed by atoms with Crippen LogP contribution in [-0.4, -0.2) is 24.5 Å². The topological polar surface area (TPSA) is 57.3 Å². The average Bonchev–Trinajstić information content (AvgIpc) is 2.77. The number of aromatic nitrogens is 1. The fraction of sp³-hybridized carbons (Fsp3) is 0.250. The van der Waals surface area contributed by atoms with E-state index in [2.05, 4.69) is 15.6 Å². The molecule has 0 saturated carbocycles. The minimum absolute atomic E-state index is 0.163. The van der Waals surface area contributed by atoms with E-state index >= 15 is 0 Å². The monoisotopic (exact) mass is 424 g/mol. The maximum Gasteiger partial charge on any atom is 0.224 e. The summed E-state index contributed by atoms with van der Waals surface area (Å²) >= 11 is 0. The first-order valence-corrected chi connectivity index (χ1v) is 10.2. The molecule has 1 amide bonds. The van der Waals surface area contributed by atoms with E-state index in [1.54, 1.807) is 30.3 Å². The van der Waals surface area contributed by atoms with Gasteiger partial charge >= 0.3 is 0 Å². The summed E-state index contributed by atoms with van der Waals surface area (Å²) in [5, 5.41) is 6.14. The number of hydrogen-bond acceptors (Lipinski definition) is 4. The zero-order chi connectivity index (χ0) is 22.2. The summed E-state index contributed by atoms with van der Waals surface area (Å²) in [6.45, 7) is 3.21. The second kappa shape index (κ2) is 10.5. The number of pyridine rings is 1. The van der Waals surface area contributed by atoms with Crippen LogP contribution in [0.2, 0.25) is 0 Å². The van der Waals surface area contributed by atoms with E-state index < -0.39 is 0 Å². The molecule has 0 radical (unpaired) electrons. The maximum absolute atomic E-state index is 13.3. The Labute approximate surface area is 181 Å². The van der Waals surface area contributed by atoms with Crippen molar-refractivity contribution in [1.29, 1.82) is 0 Å². The van der Waals surface area contributed by atoms with E-state index in [9.17, 15) is 13.6 Å². The average molecular weight is 424 g/mol. The molecule has 0 unspecified atom stereocenters. The molecule has 2 N–H and O–H groups in total. The summed E-state index contributed by atoms with van der Waals surface area (Å²) in [5.74, 6) is 0.552. The second-order valence-electron chi connectivity index (χ2n) is 7.24. The van der Waals surface area contributed by atoms with Crippen LogP contribution in [0.4, 0.5) is 26.1 Å². The normalized spacial score (nSPS) is 10.6. The van der Waals surface area contributed by atoms with Gasteiger partial charge in [-0.15, -0.1) is 0 Å². The number of anilines is 3. The van der Waals surface area contributed by atoms with Crippen molar-refractivity contribution in [3.8, 4) is 0 Å². The quantitative estimate of drug-likeness (QED) is 0.508. The van der Waals surface area contributed by atoms with Crippen LogP contribution in [0.3, 0.4) is 0 Å². The van der Waals surface area contributed by atoms with Gasteiger partial charge in [-0.05, 0) is 60.9 Å². The number of carbonyl (C=O) groups excluding carboxylic acids is 1. The molecule has 0 atom stereocenters. The molecule has 5 nitrogen and oxygen atoms in total. The first-order chi connectivity index (χ1) is 14.9. The van der Waals surface area contributed by atoms with Crippen molar-refractivity contribution in [3.05, 3.63) is 83.4 Å². The highest BCUT2D eigenvalue weighted by Crippen LogP contribution is 2.25. The van der Waals surface area contributed by atoms with E-state index in [4.69, 9.17) is 0 Å². The number of nitrogens with one attached hydrogen (secondary N) is 2. The van der Waals surface area contributed by atoms with Crippen LogP contribution in [0.25, 0.3) is 0 Å². The Morgan fingerprint density at radius 1 is 1.00 bits per heavy atom. The van der Waals surface area contributed by atoms with Crippen molar-refractivity contribution in [2.75, 3.05) is 29.1 Å². The molecule has 0 saturated heterocycles. The third kappa shape index (κ3) is 6.50. The number of halogens is 2. The fourth-order valence-electron chi connectivity index (χ4n) is 3.04. The van der Waals surface area contributed by atoms with Crippen LogP contribution in [0, 0.1) is 11.6 Å². The molecule has 3 aromatic rings. The zero-order valence-corrected chi connectivity index (χ0v) is 17.7. The Morgan fingerprint density at radius 2 is 1.77 bits per heavy atom. The molecule has 3 rings (SSSR count). The highest BCUT2D eigenvalue weighted by Gasteiger charge is 2.13. The fourth-order valence-corrected chi connectivity index (χ4v) is 3.04. The first kappa shape index (κ1) is 22.2. The van der Waals surface area contributed by atoms with Crippen LogP contribution in [-0.2, 0) is 17.8 Å². The third-order valence-corrected chi connectivity index (χ3v) is 4.90. The van der Waals surface area contributed by atoms with E-state index in [-0.39, 0.29) is 24.0 Å². The largest absolute Gasteiger partial charge is 0.366 e. The molecule has 0 fully saturated rings. The number of aryl methyl sites for hydroxylation is 1. The van der Waals surface area contributed by atoms with Crippen molar-refractivity contribution < 1.29 is 13.6 Å². The minimum Gasteiger partial charge on any atom is -0.366 e. The molecule has 0 aliphatic rings. The minimum atomic E-state index is -0.308. The molecule has 0 bridgehead atoms. The van der Waals surface area contributed by atoms with Gasteiger partial charge in [0.2, 0.25) is 5.91 Å². The summed E-state index contributed by atoms with van der Waals surface area (Å²) < 4.78 is 26.4. The lowest BCUT2D eigenvalue weighted by molar-refractivity contribution is -0.116. The molecule has 7 heteroatoms. The highest BCUT2D eigenvalue weighted by atomic mass is 19.1. The Morgan fingerprint density at radius 3 is 2.48 bits per heavy atom. The molecule has 0 spiro atoms. The zero-order valence-electron chi connectivity index (χ0n) is 17.7. The SMILES string of the molecule is CCN(C)c1nc(NCc2ccc(F)cc2)ccc1NC(=O)CCc1cccc(F)c1. The van der Waals surface area contributed by atoms with Crippen molar-refractivity contribution in [2.45, 2.75) is 26.3 Å². The molecule has 0 aliphatic carbocycles. The van der Waals surface area contributed by atoms with Crippen molar-refractivity contribution in [1.82, 2.24) is 4.98 Å². The highest BCUT2D eigenvalue weighted by molar-refractivity contribution is 5.94. The summed E-state index contributed by atoms with van der Waals surface area (Å²) in [6.07, 6.45) is 0.691. The lowest BCUT2D eigenvalue weighted by Crippen LogP contribution is -2.22. The van der Waals surface area contributed by atoms with E-state index in [0.29, 0.717) is 36.8 Å². The molecule has 2 aromatic carbocycles. The van der Waals surface area contributed by atoms with Crippen LogP contribution in [0.15, 0.2) is 60.7 Å². The molecule has 162 valence electrons. The van der Waals surface area contributed by atoms with Crippen LogP contribution in [0.1, 0.15) is 24.5 Å². The number of nitrogens with zero attached hydrogens (tertiary/aromatic N) is 2. The number of rotatable bonds is 9. The second-order valence-corrected chi connectivity index (χ2v) is 7.24. The standard InChI is InChI=1S/C24H26F2N4O/c1-3-30(2)24-21(28-23(31)14-9-17-5-4-6-20(26)15-17)12-13-22(29-24)27-16-18-7-10-19(25)11-8-18/h4-8,10-13,15H,3,9,14,16H2,1-2H3,(H,27,29)(H,28,31). The van der Waals surface area contributed by atoms with E-state index in [1.165, 1.54) is 24.3 Å². The van der Waals surface area contributed by atoms with Gasteiger partial charge < -0.3 is 15.5 Å². The van der Waals surface area contributed by atoms with Gasteiger partial charge in [-0.25, -0.2) is 13.8 Å². The van der Waals surface area contributed by atoms with E-state index in [1.807, 2.05) is 24.9 Å². The van der Waals surface area contributed by atoms with E-state index in [0.717, 1.165) is 11.1 Å². The summed E-state index contributed by atoms with van der Waals surface area (Å²) in [5.41, 5.74) is 2.32. The molecule has 0 aliphatic heterocycles. The molecule has 1 heterocycles. The Balaban J connectivity index is 1.66. The van der Waals surface area contributed by atoms with Gasteiger partial charge in [-0.3, -0.25) is 4.79 Å². The van der Waals surface area contributed by atoms with Gasteiger partial charge in [0.05, 0.1) is 5.69 Å². The maximum atomic E-state index is 13.3. The first-order valence-electron chi connectivity index (χ1n) is 10.2. The van der Waals surface area contributed by atoms with Gasteiger partial charge in [0.25, 0.3) is 0 Å². The molecule has 1 aromatic heterocycles. The van der Waals surface area contributed by atoms with Gasteiger partial charge in [0, 0.05) is 26.6 Å².